The van der Waals surface area contributed by atoms with Crippen molar-refractivity contribution in [1.29, 1.82) is 0 Å². The van der Waals surface area contributed by atoms with E-state index in [0.717, 1.165) is 47.7 Å². The number of nitrogens with two attached hydrogens (primary N) is 1. The minimum atomic E-state index is -4.62. The van der Waals surface area contributed by atoms with Gasteiger partial charge in [0.25, 0.3) is 0 Å². The molecule has 20 heteroatoms. The molecule has 59 heavy (non-hydrogen) atoms. The van der Waals surface area contributed by atoms with Gasteiger partial charge in [0.2, 0.25) is 0 Å². The summed E-state index contributed by atoms with van der Waals surface area (Å²) in [5.74, 6) is 7.98. The number of nitrogens with zero attached hydrogens (tertiary/aromatic N) is 3. The van der Waals surface area contributed by atoms with E-state index in [9.17, 15) is 35.9 Å². The highest BCUT2D eigenvalue weighted by atomic mass is 35.5. The van der Waals surface area contributed by atoms with Crippen LogP contribution in [-0.4, -0.2) is 28.5 Å². The normalized spacial score (nSPS) is 10.9. The van der Waals surface area contributed by atoms with Crippen molar-refractivity contribution in [3.8, 4) is 23.0 Å². The van der Waals surface area contributed by atoms with Crippen LogP contribution in [0.2, 0.25) is 10.0 Å². The first-order valence-electron chi connectivity index (χ1n) is 16.5. The highest BCUT2D eigenvalue weighted by Crippen LogP contribution is 2.37. The third-order valence-electron chi connectivity index (χ3n) is 7.04. The number of carbonyl (C=O) groups is 2. The molecule has 0 unspecified atom stereocenters. The summed E-state index contributed by atoms with van der Waals surface area (Å²) < 4.78 is 86.8. The molecule has 0 radical (unpaired) electrons. The van der Waals surface area contributed by atoms with Crippen molar-refractivity contribution < 1.29 is 45.4 Å². The summed E-state index contributed by atoms with van der Waals surface area (Å²) in [5.41, 5.74) is 6.87. The molecule has 0 spiro atoms. The predicted octanol–water partition coefficient (Wildman–Crippen LogP) is 11.1. The summed E-state index contributed by atoms with van der Waals surface area (Å²) in [4.78, 5) is 33.1. The second-order valence-electron chi connectivity index (χ2n) is 11.2. The van der Waals surface area contributed by atoms with Crippen molar-refractivity contribution in [2.45, 2.75) is 12.4 Å². The molecule has 0 saturated carbocycles. The molecule has 0 fully saturated rings. The molecule has 0 aliphatic heterocycles. The largest absolute Gasteiger partial charge is 0.457 e. The minimum Gasteiger partial charge on any atom is -0.457 e. The predicted molar refractivity (Wildman–Crippen MR) is 212 cm³/mol. The number of carbonyl (C=O) groups excluding carboxylic acids is 2. The number of amides is 2. The molecule has 12 nitrogen and oxygen atoms in total. The maximum Gasteiger partial charge on any atom is 0.417 e. The molecule has 2 aromatic heterocycles. The lowest BCUT2D eigenvalue weighted by Gasteiger charge is -2.13. The minimum absolute atomic E-state index is 0.0267. The first-order chi connectivity index (χ1) is 28.1. The fraction of sp³-hybridized carbons (Fsp3) is 0.0513. The third-order valence-corrected chi connectivity index (χ3v) is 7.70. The van der Waals surface area contributed by atoms with Gasteiger partial charge in [0, 0.05) is 36.2 Å². The summed E-state index contributed by atoms with van der Waals surface area (Å²) in [6, 6.07) is 26.5. The first-order valence-corrected chi connectivity index (χ1v) is 17.3. The van der Waals surface area contributed by atoms with Gasteiger partial charge in [-0.2, -0.15) is 26.3 Å². The Morgan fingerprint density at radius 1 is 0.627 bits per heavy atom. The molecule has 0 aliphatic rings. The number of nitrogen functional groups attached to an aromatic ring is 1. The molecule has 6 rings (SSSR count). The zero-order chi connectivity index (χ0) is 42.8. The number of pyridine rings is 2. The van der Waals surface area contributed by atoms with Crippen molar-refractivity contribution in [3.05, 3.63) is 155 Å². The Labute approximate surface area is 342 Å². The topological polar surface area (TPSA) is 165 Å². The lowest BCUT2D eigenvalue weighted by atomic mass is 10.2. The van der Waals surface area contributed by atoms with Gasteiger partial charge in [-0.1, -0.05) is 23.2 Å². The number of aldehydes is 1. The second-order valence-corrected chi connectivity index (χ2v) is 12.1. The number of aliphatic imine (C=N–C) groups is 1. The molecule has 2 heterocycles. The number of alkyl halides is 6. The van der Waals surface area contributed by atoms with Crippen molar-refractivity contribution in [2.75, 3.05) is 16.2 Å². The molecule has 0 atom stereocenters. The van der Waals surface area contributed by atoms with Crippen LogP contribution in [-0.2, 0) is 17.1 Å². The van der Waals surface area contributed by atoms with E-state index in [1.165, 1.54) is 12.1 Å². The maximum atomic E-state index is 12.9. The quantitative estimate of drug-likeness (QED) is 0.0296. The number of rotatable bonds is 10. The SMILES string of the molecule is NNc1ccc(Oc2ccncc2)cc1.O=C(NNc1ccc(Oc2ccncc2)cc1)Nc1ccc(Cl)c(C(F)(F)F)c1.O=CC=Nc1ccc(Cl)c(C(F)(F)F)c1. The molecule has 6 N–H and O–H groups in total. The number of ether oxygens (including phenoxy) is 2. The summed E-state index contributed by atoms with van der Waals surface area (Å²) in [7, 11) is 0. The van der Waals surface area contributed by atoms with Gasteiger partial charge in [0.1, 0.15) is 23.0 Å². The fourth-order valence-electron chi connectivity index (χ4n) is 4.35. The van der Waals surface area contributed by atoms with E-state index in [-0.39, 0.29) is 11.4 Å². The lowest BCUT2D eigenvalue weighted by Crippen LogP contribution is -2.33. The van der Waals surface area contributed by atoms with Gasteiger partial charge in [-0.05, 0) is 109 Å². The Morgan fingerprint density at radius 2 is 1.07 bits per heavy atom. The molecule has 306 valence electrons. The number of anilines is 3. The Morgan fingerprint density at radius 3 is 1.54 bits per heavy atom. The van der Waals surface area contributed by atoms with Crippen LogP contribution in [0.15, 0.2) is 139 Å². The molecule has 4 aromatic carbocycles. The molecule has 2 amide bonds. The summed E-state index contributed by atoms with van der Waals surface area (Å²) in [5, 5.41) is 1.45. The van der Waals surface area contributed by atoms with Gasteiger partial charge in [-0.25, -0.2) is 4.79 Å². The number of hydrogen-bond donors (Lipinski definition) is 5. The number of hydrogen-bond acceptors (Lipinski definition) is 10. The summed E-state index contributed by atoms with van der Waals surface area (Å²) in [6.07, 6.45) is -1.33. The third kappa shape index (κ3) is 15.2. The standard InChI is InChI=1S/C19H14ClF3N4O2.C11H11N3O.C9H5ClF3NO/c20-17-6-3-13(11-16(17)19(21,22)23)25-18(28)27-26-12-1-4-14(5-2-12)29-15-7-9-24-10-8-15;12-14-9-1-3-10(4-2-9)15-11-5-7-13-8-6-11;10-8-2-1-6(14-3-4-15)5-7(8)9(11,12)13/h1-11,26H,(H2,25,27,28);1-8,14H,12H2;1-5H. The van der Waals surface area contributed by atoms with E-state index in [2.05, 4.69) is 36.6 Å². The Hall–Kier alpha value is -6.89. The van der Waals surface area contributed by atoms with Gasteiger partial charge < -0.3 is 20.2 Å². The van der Waals surface area contributed by atoms with Crippen molar-refractivity contribution in [1.82, 2.24) is 15.4 Å². The summed E-state index contributed by atoms with van der Waals surface area (Å²) in [6.45, 7) is 0. The fourth-order valence-corrected chi connectivity index (χ4v) is 4.80. The van der Waals surface area contributed by atoms with Gasteiger partial charge in [0.15, 0.2) is 6.29 Å². The zero-order valence-electron chi connectivity index (χ0n) is 29.9. The monoisotopic (exact) mass is 858 g/mol. The molecule has 0 saturated heterocycles. The number of nitrogens with one attached hydrogen (secondary N) is 4. The Kier molecular flexibility index (Phi) is 16.4. The maximum absolute atomic E-state index is 12.9. The van der Waals surface area contributed by atoms with E-state index in [1.807, 2.05) is 24.3 Å². The van der Waals surface area contributed by atoms with Gasteiger partial charge in [-0.3, -0.25) is 36.4 Å². The van der Waals surface area contributed by atoms with Crippen LogP contribution in [0.5, 0.6) is 23.0 Å². The first kappa shape index (κ1) is 44.8. The van der Waals surface area contributed by atoms with Crippen molar-refractivity contribution in [2.24, 2.45) is 10.8 Å². The Bertz CT molecular complexity index is 2290. The van der Waals surface area contributed by atoms with Gasteiger partial charge >= 0.3 is 18.4 Å². The zero-order valence-corrected chi connectivity index (χ0v) is 31.4. The number of hydrazine groups is 2. The smallest absolute Gasteiger partial charge is 0.417 e. The van der Waals surface area contributed by atoms with Crippen LogP contribution in [0, 0.1) is 0 Å². The van der Waals surface area contributed by atoms with Gasteiger partial charge in [0.05, 0.1) is 38.8 Å². The van der Waals surface area contributed by atoms with Crippen LogP contribution in [0.4, 0.5) is 53.9 Å². The van der Waals surface area contributed by atoms with Gasteiger partial charge in [-0.15, -0.1) is 0 Å². The van der Waals surface area contributed by atoms with Crippen LogP contribution < -0.4 is 36.9 Å². The highest BCUT2D eigenvalue weighted by molar-refractivity contribution is 6.31. The van der Waals surface area contributed by atoms with E-state index in [0.29, 0.717) is 23.5 Å². The number of urea groups is 1. The lowest BCUT2D eigenvalue weighted by molar-refractivity contribution is -0.138. The summed E-state index contributed by atoms with van der Waals surface area (Å²) >= 11 is 10.9. The van der Waals surface area contributed by atoms with Crippen molar-refractivity contribution >= 4 is 64.5 Å². The van der Waals surface area contributed by atoms with Crippen molar-refractivity contribution in [3.63, 3.8) is 0 Å². The number of aromatic nitrogens is 2. The molecular weight excluding hydrogens is 829 g/mol. The van der Waals surface area contributed by atoms with Crippen LogP contribution in [0.25, 0.3) is 0 Å². The van der Waals surface area contributed by atoms with E-state index >= 15 is 0 Å². The molecule has 0 aliphatic carbocycles. The highest BCUT2D eigenvalue weighted by Gasteiger charge is 2.34. The van der Waals surface area contributed by atoms with Crippen LogP contribution in [0.1, 0.15) is 11.1 Å². The Balaban J connectivity index is 0.000000215. The molecular formula is C39H30Cl2F6N8O4. The number of halogens is 8. The van der Waals surface area contributed by atoms with E-state index in [1.54, 1.807) is 73.3 Å². The van der Waals surface area contributed by atoms with E-state index in [4.69, 9.17) is 38.5 Å². The second kappa shape index (κ2) is 21.6. The van der Waals surface area contributed by atoms with Crippen LogP contribution in [0.3, 0.4) is 0 Å². The average molecular weight is 860 g/mol. The average Bonchev–Trinajstić information content (AvgIpc) is 3.22. The molecule has 0 bridgehead atoms. The van der Waals surface area contributed by atoms with E-state index < -0.39 is 39.6 Å². The number of benzene rings is 4. The molecule has 6 aromatic rings. The van der Waals surface area contributed by atoms with Crippen LogP contribution >= 0.6 is 23.2 Å².